The van der Waals surface area contributed by atoms with Crippen LogP contribution in [-0.4, -0.2) is 18.9 Å². The normalized spacial score (nSPS) is 18.0. The summed E-state index contributed by atoms with van der Waals surface area (Å²) in [5, 5.41) is 5.20. The van der Waals surface area contributed by atoms with Crippen molar-refractivity contribution in [2.24, 2.45) is 11.8 Å². The first kappa shape index (κ1) is 19.0. The Labute approximate surface area is 157 Å². The molecule has 1 saturated carbocycles. The van der Waals surface area contributed by atoms with E-state index in [4.69, 9.17) is 16.3 Å². The Kier molecular flexibility index (Phi) is 5.27. The number of methoxy groups -OCH3 is 1. The van der Waals surface area contributed by atoms with Crippen LogP contribution in [0.3, 0.4) is 0 Å². The molecule has 2 aromatic carbocycles. The Morgan fingerprint density at radius 2 is 1.63 bits per heavy atom. The van der Waals surface area contributed by atoms with Gasteiger partial charge in [0.05, 0.1) is 30.3 Å². The zero-order chi connectivity index (χ0) is 19.7. The van der Waals surface area contributed by atoms with Gasteiger partial charge < -0.3 is 15.4 Å². The summed E-state index contributed by atoms with van der Waals surface area (Å²) in [6.45, 7) is 0. The number of amides is 2. The maximum atomic E-state index is 13.6. The van der Waals surface area contributed by atoms with Gasteiger partial charge in [-0.1, -0.05) is 11.6 Å². The van der Waals surface area contributed by atoms with Crippen molar-refractivity contribution in [1.82, 2.24) is 0 Å². The quantitative estimate of drug-likeness (QED) is 0.749. The van der Waals surface area contributed by atoms with E-state index in [2.05, 4.69) is 10.6 Å². The lowest BCUT2D eigenvalue weighted by Gasteiger charge is -2.11. The molecular formula is C18H14ClF3N2O3. The number of carbonyl (C=O) groups excluding carboxylic acids is 2. The Morgan fingerprint density at radius 3 is 2.26 bits per heavy atom. The summed E-state index contributed by atoms with van der Waals surface area (Å²) in [6.07, 6.45) is 0.242. The van der Waals surface area contributed by atoms with Crippen molar-refractivity contribution in [2.75, 3.05) is 17.7 Å². The fraction of sp³-hybridized carbons (Fsp3) is 0.222. The summed E-state index contributed by atoms with van der Waals surface area (Å²) in [6, 6.07) is 6.31. The lowest BCUT2D eigenvalue weighted by atomic mass is 10.2. The highest BCUT2D eigenvalue weighted by molar-refractivity contribution is 6.31. The van der Waals surface area contributed by atoms with Gasteiger partial charge in [0.2, 0.25) is 11.8 Å². The molecule has 1 aliphatic carbocycles. The van der Waals surface area contributed by atoms with Gasteiger partial charge in [-0.05, 0) is 36.8 Å². The van der Waals surface area contributed by atoms with Gasteiger partial charge in [0, 0.05) is 5.02 Å². The van der Waals surface area contributed by atoms with E-state index in [1.54, 1.807) is 12.1 Å². The lowest BCUT2D eigenvalue weighted by Crippen LogP contribution is -2.21. The second kappa shape index (κ2) is 7.48. The molecule has 1 aliphatic rings. The average Bonchev–Trinajstić information content (AvgIpc) is 3.43. The molecule has 0 heterocycles. The van der Waals surface area contributed by atoms with E-state index in [1.165, 1.54) is 13.2 Å². The molecule has 2 amide bonds. The zero-order valence-electron chi connectivity index (χ0n) is 14.0. The molecule has 0 aliphatic heterocycles. The Morgan fingerprint density at radius 1 is 1.00 bits per heavy atom. The second-order valence-corrected chi connectivity index (χ2v) is 6.43. The van der Waals surface area contributed by atoms with Crippen molar-refractivity contribution in [3.63, 3.8) is 0 Å². The molecule has 2 atom stereocenters. The number of hydrogen-bond donors (Lipinski definition) is 2. The van der Waals surface area contributed by atoms with Crippen LogP contribution in [0.15, 0.2) is 30.3 Å². The standard InChI is InChI=1S/C18H14ClF3N2O3/c1-27-14-5-2-8(19)6-13(14)24-18(26)10-7-9(10)17(25)23-12-4-3-11(20)15(21)16(12)22/h2-6,9-10H,7H2,1H3,(H,23,25)(H,24,26). The number of rotatable bonds is 5. The largest absolute Gasteiger partial charge is 0.495 e. The number of carbonyl (C=O) groups is 2. The van der Waals surface area contributed by atoms with Crippen LogP contribution in [0.25, 0.3) is 0 Å². The van der Waals surface area contributed by atoms with E-state index in [1.807, 2.05) is 0 Å². The van der Waals surface area contributed by atoms with Gasteiger partial charge in [0.25, 0.3) is 0 Å². The van der Waals surface area contributed by atoms with E-state index in [9.17, 15) is 22.8 Å². The van der Waals surface area contributed by atoms with E-state index in [-0.39, 0.29) is 6.42 Å². The topological polar surface area (TPSA) is 67.4 Å². The Bertz CT molecular complexity index is 923. The van der Waals surface area contributed by atoms with Crippen LogP contribution in [-0.2, 0) is 9.59 Å². The maximum Gasteiger partial charge on any atom is 0.228 e. The van der Waals surface area contributed by atoms with Crippen molar-refractivity contribution in [1.29, 1.82) is 0 Å². The molecule has 142 valence electrons. The monoisotopic (exact) mass is 398 g/mol. The summed E-state index contributed by atoms with van der Waals surface area (Å²) >= 11 is 5.90. The van der Waals surface area contributed by atoms with Crippen LogP contribution < -0.4 is 15.4 Å². The summed E-state index contributed by atoms with van der Waals surface area (Å²) < 4.78 is 44.9. The fourth-order valence-corrected chi connectivity index (χ4v) is 2.80. The number of benzene rings is 2. The smallest absolute Gasteiger partial charge is 0.228 e. The fourth-order valence-electron chi connectivity index (χ4n) is 2.63. The highest BCUT2D eigenvalue weighted by atomic mass is 35.5. The summed E-state index contributed by atoms with van der Waals surface area (Å²) in [5.41, 5.74) is -0.130. The van der Waals surface area contributed by atoms with Crippen LogP contribution in [0.5, 0.6) is 5.75 Å². The van der Waals surface area contributed by atoms with Crippen molar-refractivity contribution >= 4 is 34.8 Å². The molecule has 0 aromatic heterocycles. The molecule has 0 spiro atoms. The summed E-state index contributed by atoms with van der Waals surface area (Å²) in [5.74, 6) is -6.55. The Balaban J connectivity index is 1.64. The average molecular weight is 399 g/mol. The highest BCUT2D eigenvalue weighted by Gasteiger charge is 2.48. The molecular weight excluding hydrogens is 385 g/mol. The molecule has 2 N–H and O–H groups in total. The van der Waals surface area contributed by atoms with Gasteiger partial charge in [-0.25, -0.2) is 13.2 Å². The van der Waals surface area contributed by atoms with E-state index < -0.39 is 46.8 Å². The van der Waals surface area contributed by atoms with Gasteiger partial charge in [0.15, 0.2) is 17.5 Å². The SMILES string of the molecule is COc1ccc(Cl)cc1NC(=O)C1CC1C(=O)Nc1ccc(F)c(F)c1F. The molecule has 1 fully saturated rings. The van der Waals surface area contributed by atoms with Gasteiger partial charge in [-0.3, -0.25) is 9.59 Å². The second-order valence-electron chi connectivity index (χ2n) is 5.99. The number of hydrogen-bond acceptors (Lipinski definition) is 3. The van der Waals surface area contributed by atoms with Crippen LogP contribution in [0.4, 0.5) is 24.5 Å². The minimum absolute atomic E-state index is 0.242. The van der Waals surface area contributed by atoms with Crippen molar-refractivity contribution in [3.05, 3.63) is 52.8 Å². The van der Waals surface area contributed by atoms with Crippen LogP contribution in [0.1, 0.15) is 6.42 Å². The third-order valence-electron chi connectivity index (χ3n) is 4.18. The molecule has 27 heavy (non-hydrogen) atoms. The van der Waals surface area contributed by atoms with Crippen molar-refractivity contribution in [3.8, 4) is 5.75 Å². The number of ether oxygens (including phenoxy) is 1. The summed E-state index contributed by atoms with van der Waals surface area (Å²) in [4.78, 5) is 24.5. The minimum Gasteiger partial charge on any atom is -0.495 e. The summed E-state index contributed by atoms with van der Waals surface area (Å²) in [7, 11) is 1.43. The first-order chi connectivity index (χ1) is 12.8. The van der Waals surface area contributed by atoms with Gasteiger partial charge >= 0.3 is 0 Å². The third kappa shape index (κ3) is 4.00. The first-order valence-corrected chi connectivity index (χ1v) is 8.28. The Hall–Kier alpha value is -2.74. The predicted octanol–water partition coefficient (Wildman–Crippen LogP) is 3.98. The lowest BCUT2D eigenvalue weighted by molar-refractivity contribution is -0.122. The molecule has 9 heteroatoms. The minimum atomic E-state index is -1.68. The maximum absolute atomic E-state index is 13.6. The van der Waals surface area contributed by atoms with Crippen LogP contribution >= 0.6 is 11.6 Å². The number of anilines is 2. The number of nitrogens with one attached hydrogen (secondary N) is 2. The van der Waals surface area contributed by atoms with Crippen molar-refractivity contribution in [2.45, 2.75) is 6.42 Å². The third-order valence-corrected chi connectivity index (χ3v) is 4.41. The van der Waals surface area contributed by atoms with E-state index in [0.717, 1.165) is 6.07 Å². The van der Waals surface area contributed by atoms with E-state index in [0.29, 0.717) is 22.5 Å². The molecule has 0 saturated heterocycles. The first-order valence-electron chi connectivity index (χ1n) is 7.90. The van der Waals surface area contributed by atoms with Gasteiger partial charge in [-0.2, -0.15) is 0 Å². The van der Waals surface area contributed by atoms with Gasteiger partial charge in [-0.15, -0.1) is 0 Å². The number of halogens is 4. The highest BCUT2D eigenvalue weighted by Crippen LogP contribution is 2.41. The van der Waals surface area contributed by atoms with Crippen LogP contribution in [0, 0.1) is 29.3 Å². The predicted molar refractivity (Wildman–Crippen MR) is 93.2 cm³/mol. The molecule has 2 unspecified atom stereocenters. The molecule has 3 rings (SSSR count). The molecule has 0 radical (unpaired) electrons. The molecule has 5 nitrogen and oxygen atoms in total. The van der Waals surface area contributed by atoms with Gasteiger partial charge in [0.1, 0.15) is 5.75 Å². The van der Waals surface area contributed by atoms with Crippen molar-refractivity contribution < 1.29 is 27.5 Å². The molecule has 2 aromatic rings. The molecule has 0 bridgehead atoms. The van der Waals surface area contributed by atoms with Crippen LogP contribution in [0.2, 0.25) is 5.02 Å². The van der Waals surface area contributed by atoms with E-state index >= 15 is 0 Å². The zero-order valence-corrected chi connectivity index (χ0v) is 14.7.